The van der Waals surface area contributed by atoms with Crippen LogP contribution in [0.2, 0.25) is 0 Å². The molecular formula is C19H26N6O2. The summed E-state index contributed by atoms with van der Waals surface area (Å²) in [7, 11) is 1.95. The van der Waals surface area contributed by atoms with E-state index in [2.05, 4.69) is 20.2 Å². The van der Waals surface area contributed by atoms with Crippen LogP contribution in [0.25, 0.3) is 0 Å². The molecule has 3 heterocycles. The number of pyridine rings is 1. The van der Waals surface area contributed by atoms with E-state index in [0.717, 1.165) is 56.4 Å². The van der Waals surface area contributed by atoms with Gasteiger partial charge in [0.25, 0.3) is 0 Å². The number of carbonyl (C=O) groups is 1. The molecule has 0 unspecified atom stereocenters. The largest absolute Gasteiger partial charge is 0.378 e. The molecule has 0 aromatic carbocycles. The quantitative estimate of drug-likeness (QED) is 0.835. The first kappa shape index (κ1) is 17.8. The van der Waals surface area contributed by atoms with Crippen LogP contribution in [0.15, 0.2) is 30.7 Å². The van der Waals surface area contributed by atoms with Crippen molar-refractivity contribution in [3.8, 4) is 0 Å². The molecule has 2 aromatic rings. The summed E-state index contributed by atoms with van der Waals surface area (Å²) in [6.07, 6.45) is 7.63. The Morgan fingerprint density at radius 3 is 2.74 bits per heavy atom. The van der Waals surface area contributed by atoms with Crippen molar-refractivity contribution in [1.82, 2.24) is 24.8 Å². The Morgan fingerprint density at radius 2 is 2.11 bits per heavy atom. The van der Waals surface area contributed by atoms with Gasteiger partial charge in [-0.2, -0.15) is 0 Å². The zero-order valence-corrected chi connectivity index (χ0v) is 15.7. The van der Waals surface area contributed by atoms with Crippen molar-refractivity contribution in [2.45, 2.75) is 32.0 Å². The van der Waals surface area contributed by atoms with Crippen molar-refractivity contribution >= 4 is 11.8 Å². The van der Waals surface area contributed by atoms with E-state index in [1.54, 1.807) is 6.20 Å². The molecule has 0 bridgehead atoms. The second-order valence-electron chi connectivity index (χ2n) is 7.10. The molecule has 1 saturated heterocycles. The summed E-state index contributed by atoms with van der Waals surface area (Å²) in [4.78, 5) is 25.7. The molecule has 8 nitrogen and oxygen atoms in total. The predicted octanol–water partition coefficient (Wildman–Crippen LogP) is 1.53. The Kier molecular flexibility index (Phi) is 5.24. The van der Waals surface area contributed by atoms with Crippen molar-refractivity contribution in [1.29, 1.82) is 0 Å². The number of urea groups is 1. The number of morpholine rings is 1. The number of carbonyl (C=O) groups excluding carboxylic acids is 1. The summed E-state index contributed by atoms with van der Waals surface area (Å²) in [5, 5.41) is 3.03. The summed E-state index contributed by atoms with van der Waals surface area (Å²) in [6.45, 7) is 4.23. The molecule has 8 heteroatoms. The van der Waals surface area contributed by atoms with Crippen LogP contribution < -0.4 is 10.2 Å². The monoisotopic (exact) mass is 370 g/mol. The number of aryl methyl sites for hydroxylation is 1. The van der Waals surface area contributed by atoms with E-state index in [9.17, 15) is 4.79 Å². The molecule has 0 radical (unpaired) electrons. The Hall–Kier alpha value is -2.61. The maximum Gasteiger partial charge on any atom is 0.318 e. The molecule has 2 amide bonds. The number of rotatable bonds is 6. The van der Waals surface area contributed by atoms with Gasteiger partial charge in [-0.15, -0.1) is 0 Å². The molecule has 1 N–H and O–H groups in total. The first-order valence-electron chi connectivity index (χ1n) is 9.49. The van der Waals surface area contributed by atoms with Crippen LogP contribution in [-0.2, 0) is 24.9 Å². The van der Waals surface area contributed by atoms with Gasteiger partial charge in [0, 0.05) is 51.3 Å². The summed E-state index contributed by atoms with van der Waals surface area (Å²) in [5.74, 6) is 1.86. The third-order valence-corrected chi connectivity index (χ3v) is 5.07. The molecule has 0 spiro atoms. The number of aromatic nitrogens is 3. The van der Waals surface area contributed by atoms with Gasteiger partial charge in [-0.3, -0.25) is 0 Å². The predicted molar refractivity (Wildman–Crippen MR) is 101 cm³/mol. The number of hydrogen-bond acceptors (Lipinski definition) is 5. The lowest BCUT2D eigenvalue weighted by molar-refractivity contribution is 0.122. The summed E-state index contributed by atoms with van der Waals surface area (Å²) < 4.78 is 7.33. The molecule has 144 valence electrons. The first-order valence-corrected chi connectivity index (χ1v) is 9.49. The fourth-order valence-corrected chi connectivity index (χ4v) is 3.23. The number of nitrogens with zero attached hydrogens (tertiary/aromatic N) is 5. The number of ether oxygens (including phenoxy) is 1. The van der Waals surface area contributed by atoms with Crippen molar-refractivity contribution in [2.24, 2.45) is 7.05 Å². The molecule has 2 aromatic heterocycles. The highest BCUT2D eigenvalue weighted by Gasteiger charge is 2.33. The van der Waals surface area contributed by atoms with Gasteiger partial charge in [-0.25, -0.2) is 14.8 Å². The number of anilines is 1. The summed E-state index contributed by atoms with van der Waals surface area (Å²) in [6, 6.07) is 4.32. The average molecular weight is 370 g/mol. The molecule has 0 atom stereocenters. The third kappa shape index (κ3) is 4.39. The molecule has 27 heavy (non-hydrogen) atoms. The second kappa shape index (κ2) is 7.96. The number of imidazole rings is 1. The number of nitrogens with one attached hydrogen (secondary N) is 1. The smallest absolute Gasteiger partial charge is 0.318 e. The Labute approximate surface area is 159 Å². The minimum Gasteiger partial charge on any atom is -0.378 e. The number of amides is 2. The van der Waals surface area contributed by atoms with Crippen LogP contribution in [-0.4, -0.2) is 57.8 Å². The van der Waals surface area contributed by atoms with Gasteiger partial charge in [0.1, 0.15) is 11.6 Å². The zero-order valence-electron chi connectivity index (χ0n) is 15.7. The molecule has 1 aliphatic heterocycles. The lowest BCUT2D eigenvalue weighted by Gasteiger charge is -2.27. The topological polar surface area (TPSA) is 75.5 Å². The SMILES string of the molecule is Cn1ccnc1CN(C(=O)NCc1ccc(N2CCOCC2)nc1)C1CC1. The van der Waals surface area contributed by atoms with Crippen molar-refractivity contribution in [3.63, 3.8) is 0 Å². The standard InChI is InChI=1S/C19H26N6O2/c1-23-7-6-20-18(23)14-25(16-3-4-16)19(26)22-13-15-2-5-17(21-12-15)24-8-10-27-11-9-24/h2,5-7,12,16H,3-4,8-11,13-14H2,1H3,(H,22,26). The molecule has 2 fully saturated rings. The fraction of sp³-hybridized carbons (Fsp3) is 0.526. The van der Waals surface area contributed by atoms with Gasteiger partial charge >= 0.3 is 6.03 Å². The maximum atomic E-state index is 12.7. The maximum absolute atomic E-state index is 12.7. The van der Waals surface area contributed by atoms with Crippen LogP contribution in [0.4, 0.5) is 10.6 Å². The van der Waals surface area contributed by atoms with E-state index in [1.165, 1.54) is 0 Å². The van der Waals surface area contributed by atoms with Gasteiger partial charge < -0.3 is 24.4 Å². The lowest BCUT2D eigenvalue weighted by Crippen LogP contribution is -2.41. The first-order chi connectivity index (χ1) is 13.2. The van der Waals surface area contributed by atoms with Crippen LogP contribution in [0.3, 0.4) is 0 Å². The fourth-order valence-electron chi connectivity index (χ4n) is 3.23. The summed E-state index contributed by atoms with van der Waals surface area (Å²) in [5.41, 5.74) is 0.994. The molecule has 1 saturated carbocycles. The number of hydrogen-bond donors (Lipinski definition) is 1. The highest BCUT2D eigenvalue weighted by atomic mass is 16.5. The van der Waals surface area contributed by atoms with Crippen molar-refractivity contribution in [2.75, 3.05) is 31.2 Å². The highest BCUT2D eigenvalue weighted by molar-refractivity contribution is 5.74. The van der Waals surface area contributed by atoms with E-state index in [0.29, 0.717) is 19.1 Å². The van der Waals surface area contributed by atoms with Crippen molar-refractivity contribution in [3.05, 3.63) is 42.1 Å². The van der Waals surface area contributed by atoms with Crippen LogP contribution in [0.5, 0.6) is 0 Å². The van der Waals surface area contributed by atoms with Crippen LogP contribution in [0, 0.1) is 0 Å². The second-order valence-corrected chi connectivity index (χ2v) is 7.10. The normalized spacial score (nSPS) is 17.0. The van der Waals surface area contributed by atoms with Gasteiger partial charge in [-0.1, -0.05) is 6.07 Å². The van der Waals surface area contributed by atoms with E-state index < -0.39 is 0 Å². The highest BCUT2D eigenvalue weighted by Crippen LogP contribution is 2.28. The molecular weight excluding hydrogens is 344 g/mol. The van der Waals surface area contributed by atoms with Gasteiger partial charge in [-0.05, 0) is 24.5 Å². The van der Waals surface area contributed by atoms with Gasteiger partial charge in [0.15, 0.2) is 0 Å². The van der Waals surface area contributed by atoms with Crippen molar-refractivity contribution < 1.29 is 9.53 Å². The molecule has 2 aliphatic rings. The minimum atomic E-state index is -0.0437. The third-order valence-electron chi connectivity index (χ3n) is 5.07. The Balaban J connectivity index is 1.33. The lowest BCUT2D eigenvalue weighted by atomic mass is 10.2. The van der Waals surface area contributed by atoms with E-state index in [1.807, 2.05) is 41.0 Å². The van der Waals surface area contributed by atoms with E-state index >= 15 is 0 Å². The van der Waals surface area contributed by atoms with Crippen LogP contribution >= 0.6 is 0 Å². The molecule has 1 aliphatic carbocycles. The molecule has 4 rings (SSSR count). The van der Waals surface area contributed by atoms with Gasteiger partial charge in [0.2, 0.25) is 0 Å². The van der Waals surface area contributed by atoms with E-state index in [-0.39, 0.29) is 6.03 Å². The zero-order chi connectivity index (χ0) is 18.6. The summed E-state index contributed by atoms with van der Waals surface area (Å²) >= 11 is 0. The van der Waals surface area contributed by atoms with Crippen LogP contribution in [0.1, 0.15) is 24.2 Å². The van der Waals surface area contributed by atoms with E-state index in [4.69, 9.17) is 4.74 Å². The Bertz CT molecular complexity index is 765. The Morgan fingerprint density at radius 1 is 1.30 bits per heavy atom. The minimum absolute atomic E-state index is 0.0437. The average Bonchev–Trinajstić information content (AvgIpc) is 3.47. The van der Waals surface area contributed by atoms with Gasteiger partial charge in [0.05, 0.1) is 19.8 Å².